The Balaban J connectivity index is 1.62. The summed E-state index contributed by atoms with van der Waals surface area (Å²) >= 11 is 0. The molecule has 0 bridgehead atoms. The average molecular weight is 359 g/mol. The Labute approximate surface area is 158 Å². The second-order valence-electron chi connectivity index (χ2n) is 6.54. The van der Waals surface area contributed by atoms with Gasteiger partial charge in [0.1, 0.15) is 5.75 Å². The lowest BCUT2D eigenvalue weighted by Crippen LogP contribution is -2.24. The molecule has 0 saturated carbocycles. The molecule has 0 saturated heterocycles. The van der Waals surface area contributed by atoms with Crippen LogP contribution in [0, 0.1) is 0 Å². The molecular weight excluding hydrogens is 338 g/mol. The molecule has 0 spiro atoms. The first-order valence-electron chi connectivity index (χ1n) is 8.91. The second-order valence-corrected chi connectivity index (χ2v) is 6.54. The van der Waals surface area contributed by atoms with Crippen LogP contribution < -0.4 is 4.74 Å². The smallest absolute Gasteiger partial charge is 0.240 e. The Morgan fingerprint density at radius 2 is 1.81 bits per heavy atom. The van der Waals surface area contributed by atoms with Crippen molar-refractivity contribution in [1.29, 1.82) is 0 Å². The van der Waals surface area contributed by atoms with E-state index in [9.17, 15) is 4.79 Å². The SMILES string of the molecule is COc1cccc(C2CC(c3ccc(-n4cccc4)cc3)=NN2C(C)=O)c1. The van der Waals surface area contributed by atoms with Crippen LogP contribution in [0.4, 0.5) is 0 Å². The zero-order chi connectivity index (χ0) is 18.8. The van der Waals surface area contributed by atoms with Gasteiger partial charge >= 0.3 is 0 Å². The number of ether oxygens (including phenoxy) is 1. The fourth-order valence-electron chi connectivity index (χ4n) is 3.42. The molecule has 1 amide bonds. The number of carbonyl (C=O) groups excluding carboxylic acids is 1. The van der Waals surface area contributed by atoms with Gasteiger partial charge in [-0.3, -0.25) is 4.79 Å². The van der Waals surface area contributed by atoms with Crippen molar-refractivity contribution in [2.45, 2.75) is 19.4 Å². The van der Waals surface area contributed by atoms with Crippen LogP contribution in [0.25, 0.3) is 5.69 Å². The van der Waals surface area contributed by atoms with E-state index in [0.717, 1.165) is 28.3 Å². The van der Waals surface area contributed by atoms with Crippen molar-refractivity contribution in [3.05, 3.63) is 84.2 Å². The van der Waals surface area contributed by atoms with Crippen LogP contribution in [-0.2, 0) is 4.79 Å². The highest BCUT2D eigenvalue weighted by atomic mass is 16.5. The van der Waals surface area contributed by atoms with E-state index in [1.54, 1.807) is 19.0 Å². The maximum Gasteiger partial charge on any atom is 0.240 e. The van der Waals surface area contributed by atoms with Crippen LogP contribution >= 0.6 is 0 Å². The highest BCUT2D eigenvalue weighted by Gasteiger charge is 2.31. The van der Waals surface area contributed by atoms with E-state index in [1.807, 2.05) is 48.8 Å². The first kappa shape index (κ1) is 17.1. The summed E-state index contributed by atoms with van der Waals surface area (Å²) < 4.78 is 7.38. The number of methoxy groups -OCH3 is 1. The molecule has 0 N–H and O–H groups in total. The van der Waals surface area contributed by atoms with E-state index in [2.05, 4.69) is 33.9 Å². The molecule has 5 heteroatoms. The number of aromatic nitrogens is 1. The third-order valence-electron chi connectivity index (χ3n) is 4.81. The van der Waals surface area contributed by atoms with Gasteiger partial charge in [0.2, 0.25) is 5.91 Å². The number of carbonyl (C=O) groups is 1. The number of nitrogens with zero attached hydrogens (tertiary/aromatic N) is 3. The molecule has 1 aromatic heterocycles. The van der Waals surface area contributed by atoms with E-state index in [0.29, 0.717) is 6.42 Å². The zero-order valence-corrected chi connectivity index (χ0v) is 15.4. The van der Waals surface area contributed by atoms with Crippen molar-refractivity contribution in [1.82, 2.24) is 9.58 Å². The molecule has 4 rings (SSSR count). The summed E-state index contributed by atoms with van der Waals surface area (Å²) in [5, 5.41) is 6.19. The van der Waals surface area contributed by atoms with Crippen molar-refractivity contribution < 1.29 is 9.53 Å². The van der Waals surface area contributed by atoms with E-state index in [4.69, 9.17) is 4.74 Å². The zero-order valence-electron chi connectivity index (χ0n) is 15.4. The summed E-state index contributed by atoms with van der Waals surface area (Å²) in [5.41, 5.74) is 4.06. The Morgan fingerprint density at radius 1 is 1.07 bits per heavy atom. The van der Waals surface area contributed by atoms with Crippen LogP contribution in [0.15, 0.2) is 78.2 Å². The first-order chi connectivity index (χ1) is 13.2. The van der Waals surface area contributed by atoms with Crippen LogP contribution in [0.3, 0.4) is 0 Å². The Hall–Kier alpha value is -3.34. The largest absolute Gasteiger partial charge is 0.497 e. The van der Waals surface area contributed by atoms with E-state index in [1.165, 1.54) is 0 Å². The van der Waals surface area contributed by atoms with Gasteiger partial charge in [0.15, 0.2) is 0 Å². The molecule has 3 aromatic rings. The fourth-order valence-corrected chi connectivity index (χ4v) is 3.42. The molecule has 0 fully saturated rings. The molecule has 2 heterocycles. The summed E-state index contributed by atoms with van der Waals surface area (Å²) in [6, 6.07) is 19.9. The number of rotatable bonds is 4. The maximum atomic E-state index is 12.2. The minimum absolute atomic E-state index is 0.0678. The summed E-state index contributed by atoms with van der Waals surface area (Å²) in [5.74, 6) is 0.710. The first-order valence-corrected chi connectivity index (χ1v) is 8.91. The lowest BCUT2D eigenvalue weighted by atomic mass is 9.98. The number of hydrogen-bond donors (Lipinski definition) is 0. The van der Waals surface area contributed by atoms with Gasteiger partial charge in [0, 0.05) is 31.4 Å². The minimum atomic E-state index is -0.114. The van der Waals surface area contributed by atoms with Gasteiger partial charge in [-0.25, -0.2) is 5.01 Å². The third-order valence-corrected chi connectivity index (χ3v) is 4.81. The summed E-state index contributed by atoms with van der Waals surface area (Å²) in [4.78, 5) is 12.2. The van der Waals surface area contributed by atoms with Crippen LogP contribution in [0.1, 0.15) is 30.5 Å². The molecule has 1 aliphatic rings. The van der Waals surface area contributed by atoms with Crippen molar-refractivity contribution in [2.24, 2.45) is 5.10 Å². The number of benzene rings is 2. The van der Waals surface area contributed by atoms with Gasteiger partial charge in [-0.15, -0.1) is 0 Å². The molecular formula is C22H21N3O2. The van der Waals surface area contributed by atoms with Crippen molar-refractivity contribution in [3.63, 3.8) is 0 Å². The van der Waals surface area contributed by atoms with E-state index < -0.39 is 0 Å². The van der Waals surface area contributed by atoms with Gasteiger partial charge in [-0.1, -0.05) is 24.3 Å². The predicted molar refractivity (Wildman–Crippen MR) is 105 cm³/mol. The maximum absolute atomic E-state index is 12.2. The molecule has 27 heavy (non-hydrogen) atoms. The monoisotopic (exact) mass is 359 g/mol. The molecule has 0 aliphatic carbocycles. The predicted octanol–water partition coefficient (Wildman–Crippen LogP) is 4.18. The number of hydrogen-bond acceptors (Lipinski definition) is 3. The lowest BCUT2D eigenvalue weighted by Gasteiger charge is -2.20. The van der Waals surface area contributed by atoms with Crippen molar-refractivity contribution >= 4 is 11.6 Å². The van der Waals surface area contributed by atoms with Gasteiger partial charge in [0.05, 0.1) is 18.9 Å². The molecule has 5 nitrogen and oxygen atoms in total. The second kappa shape index (κ2) is 7.11. The highest BCUT2D eigenvalue weighted by Crippen LogP contribution is 2.34. The molecule has 1 atom stereocenters. The summed E-state index contributed by atoms with van der Waals surface area (Å²) in [7, 11) is 1.64. The Morgan fingerprint density at radius 3 is 2.48 bits per heavy atom. The summed E-state index contributed by atoms with van der Waals surface area (Å²) in [6.07, 6.45) is 4.70. The molecule has 0 radical (unpaired) electrons. The van der Waals surface area contributed by atoms with Gasteiger partial charge < -0.3 is 9.30 Å². The quantitative estimate of drug-likeness (QED) is 0.701. The van der Waals surface area contributed by atoms with Gasteiger partial charge in [-0.05, 0) is 47.5 Å². The van der Waals surface area contributed by atoms with Gasteiger partial charge in [0.25, 0.3) is 0 Å². The molecule has 1 unspecified atom stereocenters. The minimum Gasteiger partial charge on any atom is -0.497 e. The molecule has 2 aromatic carbocycles. The van der Waals surface area contributed by atoms with Crippen LogP contribution in [0.5, 0.6) is 5.75 Å². The van der Waals surface area contributed by atoms with Crippen LogP contribution in [0.2, 0.25) is 0 Å². The molecule has 1 aliphatic heterocycles. The third kappa shape index (κ3) is 3.36. The normalized spacial score (nSPS) is 16.3. The van der Waals surface area contributed by atoms with Gasteiger partial charge in [-0.2, -0.15) is 5.10 Å². The van der Waals surface area contributed by atoms with E-state index >= 15 is 0 Å². The Kier molecular flexibility index (Phi) is 4.50. The standard InChI is InChI=1S/C22H21N3O2/c1-16(26)25-22(18-6-5-7-20(14-18)27-2)15-21(23-25)17-8-10-19(11-9-17)24-12-3-4-13-24/h3-14,22H,15H2,1-2H3. The highest BCUT2D eigenvalue weighted by molar-refractivity contribution is 6.03. The van der Waals surface area contributed by atoms with Crippen molar-refractivity contribution in [2.75, 3.05) is 7.11 Å². The summed E-state index contributed by atoms with van der Waals surface area (Å²) in [6.45, 7) is 1.55. The fraction of sp³-hybridized carbons (Fsp3) is 0.182. The molecule has 136 valence electrons. The topological polar surface area (TPSA) is 46.8 Å². The lowest BCUT2D eigenvalue weighted by molar-refractivity contribution is -0.130. The Bertz CT molecular complexity index is 975. The average Bonchev–Trinajstić information content (AvgIpc) is 3.38. The van der Waals surface area contributed by atoms with Crippen molar-refractivity contribution in [3.8, 4) is 11.4 Å². The van der Waals surface area contributed by atoms with Crippen LogP contribution in [-0.4, -0.2) is 28.3 Å². The number of hydrazone groups is 1. The van der Waals surface area contributed by atoms with E-state index in [-0.39, 0.29) is 11.9 Å². The number of amides is 1.